The number of hydrogen-bond donors (Lipinski definition) is 1. The highest BCUT2D eigenvalue weighted by molar-refractivity contribution is 7.89. The zero-order valence-corrected chi connectivity index (χ0v) is 17.4. The quantitative estimate of drug-likeness (QED) is 0.574. The van der Waals surface area contributed by atoms with Gasteiger partial charge in [-0.25, -0.2) is 12.8 Å². The number of amides is 1. The van der Waals surface area contributed by atoms with Crippen molar-refractivity contribution in [3.05, 3.63) is 95.0 Å². The Morgan fingerprint density at radius 3 is 2.37 bits per heavy atom. The van der Waals surface area contributed by atoms with Crippen LogP contribution >= 0.6 is 11.6 Å². The second kappa shape index (κ2) is 9.80. The summed E-state index contributed by atoms with van der Waals surface area (Å²) < 4.78 is 41.4. The SMILES string of the molecule is O=C(CN(Cc1ccccc1F)S(=O)(=O)c1ccc(Cl)cc1)NCc1ccncc1. The zero-order valence-electron chi connectivity index (χ0n) is 15.8. The van der Waals surface area contributed by atoms with Gasteiger partial charge in [0.25, 0.3) is 0 Å². The van der Waals surface area contributed by atoms with Gasteiger partial charge in [0.05, 0.1) is 11.4 Å². The van der Waals surface area contributed by atoms with Gasteiger partial charge in [-0.2, -0.15) is 4.31 Å². The highest BCUT2D eigenvalue weighted by Crippen LogP contribution is 2.21. The lowest BCUT2D eigenvalue weighted by atomic mass is 10.2. The maximum Gasteiger partial charge on any atom is 0.243 e. The van der Waals surface area contributed by atoms with Crippen molar-refractivity contribution in [3.8, 4) is 0 Å². The van der Waals surface area contributed by atoms with E-state index in [1.807, 2.05) is 0 Å². The van der Waals surface area contributed by atoms with E-state index in [0.29, 0.717) is 5.02 Å². The summed E-state index contributed by atoms with van der Waals surface area (Å²) in [5.74, 6) is -1.06. The third-order valence-corrected chi connectivity index (χ3v) is 6.37. The Morgan fingerprint density at radius 2 is 1.70 bits per heavy atom. The van der Waals surface area contributed by atoms with E-state index in [2.05, 4.69) is 10.3 Å². The fourth-order valence-corrected chi connectivity index (χ4v) is 4.22. The first-order chi connectivity index (χ1) is 14.4. The van der Waals surface area contributed by atoms with Gasteiger partial charge in [0.1, 0.15) is 5.82 Å². The van der Waals surface area contributed by atoms with Crippen molar-refractivity contribution in [2.75, 3.05) is 6.54 Å². The van der Waals surface area contributed by atoms with Gasteiger partial charge in [-0.15, -0.1) is 0 Å². The second-order valence-electron chi connectivity index (χ2n) is 6.45. The van der Waals surface area contributed by atoms with Crippen LogP contribution in [0.2, 0.25) is 5.02 Å². The Hall–Kier alpha value is -2.81. The molecule has 2 aromatic carbocycles. The number of rotatable bonds is 8. The van der Waals surface area contributed by atoms with Crippen molar-refractivity contribution in [1.82, 2.24) is 14.6 Å². The van der Waals surface area contributed by atoms with E-state index in [1.165, 1.54) is 42.5 Å². The number of halogens is 2. The molecule has 0 aliphatic rings. The topological polar surface area (TPSA) is 79.4 Å². The largest absolute Gasteiger partial charge is 0.351 e. The van der Waals surface area contributed by atoms with Crippen LogP contribution in [-0.4, -0.2) is 30.2 Å². The predicted molar refractivity (Wildman–Crippen MR) is 112 cm³/mol. The summed E-state index contributed by atoms with van der Waals surface area (Å²) in [6, 6.07) is 14.9. The molecule has 1 aromatic heterocycles. The van der Waals surface area contributed by atoms with Gasteiger partial charge in [0.15, 0.2) is 0 Å². The lowest BCUT2D eigenvalue weighted by molar-refractivity contribution is -0.121. The van der Waals surface area contributed by atoms with Gasteiger partial charge in [-0.3, -0.25) is 9.78 Å². The number of nitrogens with zero attached hydrogens (tertiary/aromatic N) is 2. The predicted octanol–water partition coefficient (Wildman–Crippen LogP) is 3.38. The number of carbonyl (C=O) groups is 1. The molecular weight excluding hydrogens is 429 g/mol. The number of sulfonamides is 1. The standard InChI is InChI=1S/C21H19ClFN3O3S/c22-18-5-7-19(8-6-18)30(28,29)26(14-17-3-1-2-4-20(17)23)15-21(27)25-13-16-9-11-24-12-10-16/h1-12H,13-15H2,(H,25,27). The van der Waals surface area contributed by atoms with E-state index in [4.69, 9.17) is 11.6 Å². The first kappa shape index (κ1) is 21.9. The van der Waals surface area contributed by atoms with E-state index in [9.17, 15) is 17.6 Å². The first-order valence-corrected chi connectivity index (χ1v) is 10.8. The van der Waals surface area contributed by atoms with Gasteiger partial charge >= 0.3 is 0 Å². The van der Waals surface area contributed by atoms with E-state index in [0.717, 1.165) is 9.87 Å². The van der Waals surface area contributed by atoms with Crippen molar-refractivity contribution in [1.29, 1.82) is 0 Å². The number of nitrogens with one attached hydrogen (secondary N) is 1. The van der Waals surface area contributed by atoms with Crippen LogP contribution in [0.25, 0.3) is 0 Å². The van der Waals surface area contributed by atoms with Crippen molar-refractivity contribution in [3.63, 3.8) is 0 Å². The highest BCUT2D eigenvalue weighted by Gasteiger charge is 2.27. The summed E-state index contributed by atoms with van der Waals surface area (Å²) in [5, 5.41) is 3.05. The third-order valence-electron chi connectivity index (χ3n) is 4.31. The molecule has 3 rings (SSSR count). The molecule has 0 aliphatic heterocycles. The highest BCUT2D eigenvalue weighted by atomic mass is 35.5. The van der Waals surface area contributed by atoms with Crippen LogP contribution in [0.5, 0.6) is 0 Å². The van der Waals surface area contributed by atoms with Crippen LogP contribution in [0.4, 0.5) is 4.39 Å². The van der Waals surface area contributed by atoms with Crippen LogP contribution in [0.3, 0.4) is 0 Å². The molecule has 0 saturated heterocycles. The molecule has 1 heterocycles. The molecule has 0 saturated carbocycles. The monoisotopic (exact) mass is 447 g/mol. The second-order valence-corrected chi connectivity index (χ2v) is 8.82. The Morgan fingerprint density at radius 1 is 1.03 bits per heavy atom. The molecule has 0 fully saturated rings. The Labute approximate surface area is 179 Å². The van der Waals surface area contributed by atoms with Crippen LogP contribution in [0.15, 0.2) is 78.0 Å². The van der Waals surface area contributed by atoms with Crippen LogP contribution in [0.1, 0.15) is 11.1 Å². The minimum absolute atomic E-state index is 0.0369. The molecule has 0 unspecified atom stereocenters. The molecule has 0 radical (unpaired) electrons. The summed E-state index contributed by atoms with van der Waals surface area (Å²) in [7, 11) is -4.07. The van der Waals surface area contributed by atoms with Crippen LogP contribution in [0, 0.1) is 5.82 Å². The Bertz CT molecular complexity index is 1110. The van der Waals surface area contributed by atoms with Gasteiger partial charge in [-0.1, -0.05) is 29.8 Å². The fourth-order valence-electron chi connectivity index (χ4n) is 2.72. The molecule has 0 bridgehead atoms. The normalized spacial score (nSPS) is 11.4. The van der Waals surface area contributed by atoms with E-state index >= 15 is 0 Å². The van der Waals surface area contributed by atoms with Crippen molar-refractivity contribution in [2.45, 2.75) is 18.0 Å². The van der Waals surface area contributed by atoms with E-state index < -0.39 is 28.3 Å². The molecule has 30 heavy (non-hydrogen) atoms. The van der Waals surface area contributed by atoms with Crippen molar-refractivity contribution < 1.29 is 17.6 Å². The van der Waals surface area contributed by atoms with Crippen LogP contribution < -0.4 is 5.32 Å². The van der Waals surface area contributed by atoms with E-state index in [1.54, 1.807) is 30.6 Å². The van der Waals surface area contributed by atoms with Crippen molar-refractivity contribution >= 4 is 27.5 Å². The van der Waals surface area contributed by atoms with E-state index in [-0.39, 0.29) is 23.5 Å². The molecule has 0 aliphatic carbocycles. The molecule has 156 valence electrons. The molecule has 6 nitrogen and oxygen atoms in total. The average molecular weight is 448 g/mol. The van der Waals surface area contributed by atoms with Crippen LogP contribution in [-0.2, 0) is 27.9 Å². The summed E-state index contributed by atoms with van der Waals surface area (Å²) in [5.41, 5.74) is 0.983. The minimum Gasteiger partial charge on any atom is -0.351 e. The molecule has 9 heteroatoms. The van der Waals surface area contributed by atoms with Crippen molar-refractivity contribution in [2.24, 2.45) is 0 Å². The molecular formula is C21H19ClFN3O3S. The Balaban J connectivity index is 1.82. The summed E-state index contributed by atoms with van der Waals surface area (Å²) in [6.07, 6.45) is 3.19. The number of aromatic nitrogens is 1. The number of carbonyl (C=O) groups excluding carboxylic acids is 1. The maximum atomic E-state index is 14.2. The van der Waals surface area contributed by atoms with Gasteiger partial charge in [-0.05, 0) is 48.0 Å². The van der Waals surface area contributed by atoms with Gasteiger partial charge < -0.3 is 5.32 Å². The number of hydrogen-bond acceptors (Lipinski definition) is 4. The fraction of sp³-hybridized carbons (Fsp3) is 0.143. The average Bonchev–Trinajstić information content (AvgIpc) is 2.74. The smallest absolute Gasteiger partial charge is 0.243 e. The number of benzene rings is 2. The molecule has 0 spiro atoms. The summed E-state index contributed by atoms with van der Waals surface area (Å²) in [4.78, 5) is 16.4. The Kier molecular flexibility index (Phi) is 7.15. The molecule has 1 amide bonds. The zero-order chi connectivity index (χ0) is 21.6. The summed E-state index contributed by atoms with van der Waals surface area (Å²) >= 11 is 5.85. The summed E-state index contributed by atoms with van der Waals surface area (Å²) in [6.45, 7) is -0.541. The molecule has 0 atom stereocenters. The third kappa shape index (κ3) is 5.63. The first-order valence-electron chi connectivity index (χ1n) is 9.01. The van der Waals surface area contributed by atoms with Gasteiger partial charge in [0.2, 0.25) is 15.9 Å². The lowest BCUT2D eigenvalue weighted by Gasteiger charge is -2.22. The molecule has 3 aromatic rings. The van der Waals surface area contributed by atoms with Gasteiger partial charge in [0, 0.05) is 36.1 Å². The molecule has 1 N–H and O–H groups in total. The minimum atomic E-state index is -4.07. The lowest BCUT2D eigenvalue weighted by Crippen LogP contribution is -2.40. The number of pyridine rings is 1. The maximum absolute atomic E-state index is 14.2.